The Kier molecular flexibility index (Phi) is 5.21. The van der Waals surface area contributed by atoms with E-state index in [0.29, 0.717) is 35.1 Å². The largest absolute Gasteiger partial charge is 0.454 e. The van der Waals surface area contributed by atoms with Gasteiger partial charge in [-0.15, -0.1) is 0 Å². The van der Waals surface area contributed by atoms with Crippen molar-refractivity contribution in [3.05, 3.63) is 58.6 Å². The highest BCUT2D eigenvalue weighted by Crippen LogP contribution is 2.35. The van der Waals surface area contributed by atoms with Crippen LogP contribution in [0.25, 0.3) is 0 Å². The van der Waals surface area contributed by atoms with E-state index in [0.717, 1.165) is 5.56 Å². The molecule has 0 aliphatic carbocycles. The van der Waals surface area contributed by atoms with Gasteiger partial charge >= 0.3 is 0 Å². The van der Waals surface area contributed by atoms with Crippen LogP contribution < -0.4 is 9.47 Å². The van der Waals surface area contributed by atoms with Gasteiger partial charge in [-0.3, -0.25) is 4.79 Å². The van der Waals surface area contributed by atoms with Crippen molar-refractivity contribution in [2.24, 2.45) is 0 Å². The van der Waals surface area contributed by atoms with Crippen LogP contribution in [0.2, 0.25) is 5.02 Å². The second-order valence-electron chi connectivity index (χ2n) is 6.91. The number of halogens is 1. The lowest BCUT2D eigenvalue weighted by molar-refractivity contribution is -0.130. The summed E-state index contributed by atoms with van der Waals surface area (Å²) in [5.41, 5.74) is 1.42. The molecule has 0 N–H and O–H groups in total. The zero-order chi connectivity index (χ0) is 19.7. The Morgan fingerprint density at radius 1 is 1.11 bits per heavy atom. The van der Waals surface area contributed by atoms with E-state index in [1.807, 2.05) is 6.07 Å². The first-order chi connectivity index (χ1) is 13.4. The molecule has 1 amide bonds. The molecule has 28 heavy (non-hydrogen) atoms. The molecule has 0 spiro atoms. The highest BCUT2D eigenvalue weighted by Gasteiger charge is 2.33. The summed E-state index contributed by atoms with van der Waals surface area (Å²) >= 11 is 6.22. The zero-order valence-corrected chi connectivity index (χ0v) is 16.7. The van der Waals surface area contributed by atoms with Crippen LogP contribution in [-0.2, 0) is 21.1 Å². The first-order valence-electron chi connectivity index (χ1n) is 9.06. The Morgan fingerprint density at radius 2 is 1.89 bits per heavy atom. The van der Waals surface area contributed by atoms with Crippen molar-refractivity contribution in [3.8, 4) is 11.5 Å². The van der Waals surface area contributed by atoms with Crippen molar-refractivity contribution in [1.29, 1.82) is 0 Å². The van der Waals surface area contributed by atoms with Gasteiger partial charge in [0, 0.05) is 18.1 Å². The van der Waals surface area contributed by atoms with E-state index in [4.69, 9.17) is 21.1 Å². The topological polar surface area (TPSA) is 72.9 Å². The van der Waals surface area contributed by atoms with Gasteiger partial charge in [0.25, 0.3) is 0 Å². The molecule has 2 aromatic rings. The van der Waals surface area contributed by atoms with Crippen LogP contribution in [0.1, 0.15) is 22.8 Å². The minimum absolute atomic E-state index is 0.0736. The fourth-order valence-electron chi connectivity index (χ4n) is 3.62. The molecule has 2 aromatic carbocycles. The molecule has 1 fully saturated rings. The number of nitrogens with zero attached hydrogens (tertiary/aromatic N) is 1. The number of hydrogen-bond donors (Lipinski definition) is 0. The Labute approximate surface area is 168 Å². The third-order valence-electron chi connectivity index (χ3n) is 5.14. The van der Waals surface area contributed by atoms with Crippen LogP contribution >= 0.6 is 11.6 Å². The molecule has 0 bridgehead atoms. The normalized spacial score (nSPS) is 20.6. The summed E-state index contributed by atoms with van der Waals surface area (Å²) in [5, 5.41) is -0.249. The number of carbonyl (C=O) groups excluding carboxylic acids is 1. The predicted octanol–water partition coefficient (Wildman–Crippen LogP) is 3.00. The number of carbonyl (C=O) groups is 1. The molecule has 0 saturated carbocycles. The van der Waals surface area contributed by atoms with E-state index < -0.39 is 15.1 Å². The SMILES string of the molecule is O=C(Cc1ccc2c(c1)OCO2)N1CCC(c2ccccc2Cl)S(=O)(=O)CC1. The summed E-state index contributed by atoms with van der Waals surface area (Å²) in [5.74, 6) is 1.12. The van der Waals surface area contributed by atoms with E-state index in [-0.39, 0.29) is 31.4 Å². The fourth-order valence-corrected chi connectivity index (χ4v) is 5.76. The molecule has 1 unspecified atom stereocenters. The minimum Gasteiger partial charge on any atom is -0.454 e. The van der Waals surface area contributed by atoms with Crippen molar-refractivity contribution in [2.75, 3.05) is 25.6 Å². The first kappa shape index (κ1) is 19.1. The Morgan fingerprint density at radius 3 is 2.71 bits per heavy atom. The highest BCUT2D eigenvalue weighted by atomic mass is 35.5. The maximum absolute atomic E-state index is 12.8. The van der Waals surface area contributed by atoms with Gasteiger partial charge < -0.3 is 14.4 Å². The summed E-state index contributed by atoms with van der Waals surface area (Å²) in [7, 11) is -3.40. The second kappa shape index (κ2) is 7.64. The van der Waals surface area contributed by atoms with Crippen LogP contribution in [0.4, 0.5) is 0 Å². The number of hydrogen-bond acceptors (Lipinski definition) is 5. The van der Waals surface area contributed by atoms with Gasteiger partial charge in [0.15, 0.2) is 21.3 Å². The third kappa shape index (κ3) is 3.82. The molecule has 148 valence electrons. The molecule has 0 aromatic heterocycles. The van der Waals surface area contributed by atoms with E-state index in [1.54, 1.807) is 41.3 Å². The molecular weight excluding hydrogens is 402 g/mol. The summed E-state index contributed by atoms with van der Waals surface area (Å²) in [4.78, 5) is 14.4. The molecule has 6 nitrogen and oxygen atoms in total. The summed E-state index contributed by atoms with van der Waals surface area (Å²) in [6.07, 6.45) is 0.520. The van der Waals surface area contributed by atoms with E-state index in [2.05, 4.69) is 0 Å². The van der Waals surface area contributed by atoms with E-state index in [9.17, 15) is 13.2 Å². The van der Waals surface area contributed by atoms with Crippen LogP contribution in [0.3, 0.4) is 0 Å². The van der Waals surface area contributed by atoms with Gasteiger partial charge in [0.1, 0.15) is 0 Å². The summed E-state index contributed by atoms with van der Waals surface area (Å²) in [6, 6.07) is 12.4. The first-order valence-corrected chi connectivity index (χ1v) is 11.2. The minimum atomic E-state index is -3.40. The van der Waals surface area contributed by atoms with Crippen molar-refractivity contribution < 1.29 is 22.7 Å². The van der Waals surface area contributed by atoms with Crippen LogP contribution in [0.5, 0.6) is 11.5 Å². The van der Waals surface area contributed by atoms with Crippen molar-refractivity contribution >= 4 is 27.3 Å². The fraction of sp³-hybridized carbons (Fsp3) is 0.350. The van der Waals surface area contributed by atoms with Crippen molar-refractivity contribution in [1.82, 2.24) is 4.90 Å². The number of benzene rings is 2. The molecule has 8 heteroatoms. The van der Waals surface area contributed by atoms with Crippen LogP contribution in [0, 0.1) is 0 Å². The Bertz CT molecular complexity index is 1010. The predicted molar refractivity (Wildman–Crippen MR) is 105 cm³/mol. The van der Waals surface area contributed by atoms with E-state index >= 15 is 0 Å². The molecule has 2 heterocycles. The molecule has 0 radical (unpaired) electrons. The van der Waals surface area contributed by atoms with E-state index in [1.165, 1.54) is 0 Å². The van der Waals surface area contributed by atoms with Gasteiger partial charge in [-0.25, -0.2) is 8.42 Å². The van der Waals surface area contributed by atoms with Crippen molar-refractivity contribution in [3.63, 3.8) is 0 Å². The lowest BCUT2D eigenvalue weighted by Gasteiger charge is -2.20. The Balaban J connectivity index is 1.48. The highest BCUT2D eigenvalue weighted by molar-refractivity contribution is 7.91. The van der Waals surface area contributed by atoms with Gasteiger partial charge in [-0.05, 0) is 35.7 Å². The average Bonchev–Trinajstić information content (AvgIpc) is 3.06. The number of rotatable bonds is 3. The smallest absolute Gasteiger partial charge is 0.231 e. The maximum Gasteiger partial charge on any atom is 0.231 e. The zero-order valence-electron chi connectivity index (χ0n) is 15.1. The maximum atomic E-state index is 12.8. The third-order valence-corrected chi connectivity index (χ3v) is 7.59. The Hall–Kier alpha value is -2.25. The van der Waals surface area contributed by atoms with Gasteiger partial charge in [0.2, 0.25) is 12.7 Å². The molecule has 1 saturated heterocycles. The molecular formula is C20H20ClNO5S. The standard InChI is InChI=1S/C20H20ClNO5S/c21-16-4-2-1-3-15(16)19-7-8-22(9-10-28(19,24)25)20(23)12-14-5-6-17-18(11-14)27-13-26-17/h1-6,11,19H,7-10,12-13H2. The molecule has 4 rings (SSSR count). The summed E-state index contributed by atoms with van der Waals surface area (Å²) < 4.78 is 36.2. The van der Waals surface area contributed by atoms with Crippen molar-refractivity contribution in [2.45, 2.75) is 18.1 Å². The number of ether oxygens (including phenoxy) is 2. The monoisotopic (exact) mass is 421 g/mol. The van der Waals surface area contributed by atoms with Gasteiger partial charge in [-0.1, -0.05) is 35.9 Å². The number of sulfone groups is 1. The summed E-state index contributed by atoms with van der Waals surface area (Å²) in [6.45, 7) is 0.741. The average molecular weight is 422 g/mol. The molecule has 1 atom stereocenters. The lowest BCUT2D eigenvalue weighted by Crippen LogP contribution is -2.34. The second-order valence-corrected chi connectivity index (χ2v) is 9.62. The number of fused-ring (bicyclic) bond motifs is 1. The lowest BCUT2D eigenvalue weighted by atomic mass is 10.1. The van der Waals surface area contributed by atoms with Gasteiger partial charge in [0.05, 0.1) is 17.4 Å². The number of amides is 1. The van der Waals surface area contributed by atoms with Gasteiger partial charge in [-0.2, -0.15) is 0 Å². The van der Waals surface area contributed by atoms with Crippen LogP contribution in [0.15, 0.2) is 42.5 Å². The van der Waals surface area contributed by atoms with Crippen LogP contribution in [-0.4, -0.2) is 44.9 Å². The molecule has 2 aliphatic rings. The quantitative estimate of drug-likeness (QED) is 0.761. The molecule has 2 aliphatic heterocycles.